The van der Waals surface area contributed by atoms with Crippen molar-refractivity contribution in [2.45, 2.75) is 72.6 Å². The number of nitrogens with zero attached hydrogens (tertiary/aromatic N) is 2. The molecule has 1 aromatic heterocycles. The van der Waals surface area contributed by atoms with Crippen molar-refractivity contribution in [3.63, 3.8) is 0 Å². The summed E-state index contributed by atoms with van der Waals surface area (Å²) in [4.78, 5) is 7.28. The van der Waals surface area contributed by atoms with Gasteiger partial charge in [0.2, 0.25) is 0 Å². The predicted molar refractivity (Wildman–Crippen MR) is 130 cm³/mol. The maximum absolute atomic E-state index is 4.60. The Kier molecular flexibility index (Phi) is 9.85. The first-order chi connectivity index (χ1) is 13.8. The molecule has 2 fully saturated rings. The van der Waals surface area contributed by atoms with Gasteiger partial charge < -0.3 is 4.90 Å². The molecule has 0 radical (unpaired) electrons. The second-order valence-corrected chi connectivity index (χ2v) is 10.6. The summed E-state index contributed by atoms with van der Waals surface area (Å²) in [5, 5.41) is 3.43. The Balaban J connectivity index is 0.000000370. The van der Waals surface area contributed by atoms with Gasteiger partial charge >= 0.3 is 0 Å². The minimum absolute atomic E-state index is 0.695. The van der Waals surface area contributed by atoms with Crippen molar-refractivity contribution in [1.82, 2.24) is 9.88 Å². The zero-order valence-corrected chi connectivity index (χ0v) is 20.1. The first-order valence-electron chi connectivity index (χ1n) is 11.4. The number of piperidine rings is 1. The summed E-state index contributed by atoms with van der Waals surface area (Å²) >= 11 is 1.78. The van der Waals surface area contributed by atoms with Crippen LogP contribution >= 0.6 is 11.3 Å². The van der Waals surface area contributed by atoms with Crippen LogP contribution in [0.5, 0.6) is 0 Å². The lowest BCUT2D eigenvalue weighted by atomic mass is 9.62. The number of likely N-dealkylation sites (tertiary alicyclic amines) is 1. The highest BCUT2D eigenvalue weighted by atomic mass is 32.1. The van der Waals surface area contributed by atoms with Gasteiger partial charge in [-0.1, -0.05) is 63.6 Å². The first kappa shape index (κ1) is 24.1. The van der Waals surface area contributed by atoms with Crippen LogP contribution in [0.15, 0.2) is 42.3 Å². The molecule has 2 heterocycles. The Bertz CT molecular complexity index is 662. The second kappa shape index (κ2) is 11.9. The summed E-state index contributed by atoms with van der Waals surface area (Å²) in [7, 11) is 0. The molecule has 3 heteroatoms. The van der Waals surface area contributed by atoms with Crippen LogP contribution in [0.2, 0.25) is 0 Å². The number of thiazole rings is 1. The summed E-state index contributed by atoms with van der Waals surface area (Å²) in [6.45, 7) is 19.9. The highest BCUT2D eigenvalue weighted by Gasteiger charge is 2.39. The van der Waals surface area contributed by atoms with Gasteiger partial charge in [0.1, 0.15) is 0 Å². The molecule has 0 amide bonds. The van der Waals surface area contributed by atoms with Crippen LogP contribution < -0.4 is 0 Å². The van der Waals surface area contributed by atoms with E-state index in [0.29, 0.717) is 5.41 Å². The van der Waals surface area contributed by atoms with Gasteiger partial charge in [-0.2, -0.15) is 0 Å². The van der Waals surface area contributed by atoms with Crippen LogP contribution in [0.1, 0.15) is 70.0 Å². The Hall–Kier alpha value is -1.19. The number of aromatic nitrogens is 1. The van der Waals surface area contributed by atoms with Crippen molar-refractivity contribution in [1.29, 1.82) is 0 Å². The topological polar surface area (TPSA) is 16.1 Å². The van der Waals surface area contributed by atoms with Crippen molar-refractivity contribution in [2.75, 3.05) is 19.6 Å². The SMILES string of the molecule is C=C/C=C\C(=C)C.Cc1nc(CCN2CCC3(CCCC(C(C)C)C3)CC2)cs1. The molecule has 0 bridgehead atoms. The highest BCUT2D eigenvalue weighted by molar-refractivity contribution is 7.09. The zero-order valence-electron chi connectivity index (χ0n) is 19.3. The van der Waals surface area contributed by atoms with Gasteiger partial charge in [0, 0.05) is 18.3 Å². The highest BCUT2D eigenvalue weighted by Crippen LogP contribution is 2.48. The van der Waals surface area contributed by atoms with Crippen LogP contribution in [0.4, 0.5) is 0 Å². The van der Waals surface area contributed by atoms with E-state index in [1.165, 1.54) is 68.9 Å². The van der Waals surface area contributed by atoms with Gasteiger partial charge in [0.25, 0.3) is 0 Å². The molecule has 162 valence electrons. The van der Waals surface area contributed by atoms with Gasteiger partial charge in [-0.3, -0.25) is 0 Å². The maximum Gasteiger partial charge on any atom is 0.0897 e. The third-order valence-electron chi connectivity index (χ3n) is 6.70. The fourth-order valence-electron chi connectivity index (χ4n) is 4.80. The number of hydrogen-bond donors (Lipinski definition) is 0. The van der Waals surface area contributed by atoms with Crippen molar-refractivity contribution >= 4 is 11.3 Å². The lowest BCUT2D eigenvalue weighted by Crippen LogP contribution is -2.43. The Morgan fingerprint density at radius 3 is 2.59 bits per heavy atom. The summed E-state index contributed by atoms with van der Waals surface area (Å²) in [5.41, 5.74) is 3.04. The van der Waals surface area contributed by atoms with Crippen molar-refractivity contribution < 1.29 is 0 Å². The molecule has 1 aliphatic carbocycles. The monoisotopic (exact) mass is 414 g/mol. The number of allylic oxidation sites excluding steroid dienone is 4. The van der Waals surface area contributed by atoms with E-state index in [1.54, 1.807) is 17.4 Å². The summed E-state index contributed by atoms with van der Waals surface area (Å²) < 4.78 is 0. The first-order valence-corrected chi connectivity index (χ1v) is 12.3. The van der Waals surface area contributed by atoms with E-state index in [0.717, 1.165) is 23.8 Å². The van der Waals surface area contributed by atoms with Crippen molar-refractivity contribution in [3.05, 3.63) is 53.0 Å². The van der Waals surface area contributed by atoms with Crippen molar-refractivity contribution in [2.24, 2.45) is 17.3 Å². The summed E-state index contributed by atoms with van der Waals surface area (Å²) in [6.07, 6.45) is 15.5. The van der Waals surface area contributed by atoms with Gasteiger partial charge in [-0.25, -0.2) is 4.98 Å². The van der Waals surface area contributed by atoms with E-state index in [4.69, 9.17) is 0 Å². The fraction of sp³-hybridized carbons (Fsp3) is 0.654. The summed E-state index contributed by atoms with van der Waals surface area (Å²) in [5.74, 6) is 1.86. The smallest absolute Gasteiger partial charge is 0.0897 e. The van der Waals surface area contributed by atoms with Crippen LogP contribution in [-0.2, 0) is 6.42 Å². The Morgan fingerprint density at radius 2 is 2.07 bits per heavy atom. The fourth-order valence-corrected chi connectivity index (χ4v) is 5.45. The van der Waals surface area contributed by atoms with E-state index in [2.05, 4.69) is 49.2 Å². The van der Waals surface area contributed by atoms with Gasteiger partial charge in [-0.05, 0) is 69.9 Å². The quantitative estimate of drug-likeness (QED) is 0.456. The van der Waals surface area contributed by atoms with Crippen LogP contribution in [0.25, 0.3) is 0 Å². The van der Waals surface area contributed by atoms with Gasteiger partial charge in [0.05, 0.1) is 10.7 Å². The molecule has 1 unspecified atom stereocenters. The molecule has 29 heavy (non-hydrogen) atoms. The molecule has 3 rings (SSSR count). The number of hydrogen-bond acceptors (Lipinski definition) is 3. The van der Waals surface area contributed by atoms with Crippen molar-refractivity contribution in [3.8, 4) is 0 Å². The molecular formula is C26H42N2S. The number of rotatable bonds is 6. The van der Waals surface area contributed by atoms with Gasteiger partial charge in [-0.15, -0.1) is 11.3 Å². The van der Waals surface area contributed by atoms with Crippen LogP contribution in [0, 0.1) is 24.2 Å². The standard InChI is InChI=1S/C19H32N2S.C7H10/c1-15(2)17-5-4-7-19(13-17)8-11-21(12-9-19)10-6-18-14-22-16(3)20-18;1-4-5-6-7(2)3/h14-15,17H,4-13H2,1-3H3;4-6H,1-2H2,3H3/b;6-5-. The molecular weight excluding hydrogens is 372 g/mol. The molecule has 2 nitrogen and oxygen atoms in total. The molecule has 1 saturated carbocycles. The molecule has 1 aromatic rings. The molecule has 0 N–H and O–H groups in total. The van der Waals surface area contributed by atoms with E-state index >= 15 is 0 Å². The van der Waals surface area contributed by atoms with E-state index in [-0.39, 0.29) is 0 Å². The number of aryl methyl sites for hydroxylation is 1. The minimum Gasteiger partial charge on any atom is -0.303 e. The average Bonchev–Trinajstić information content (AvgIpc) is 3.12. The largest absolute Gasteiger partial charge is 0.303 e. The third kappa shape index (κ3) is 8.22. The predicted octanol–water partition coefficient (Wildman–Crippen LogP) is 7.23. The van der Waals surface area contributed by atoms with E-state index in [1.807, 2.05) is 19.1 Å². The molecule has 2 aliphatic rings. The molecule has 0 aromatic carbocycles. The van der Waals surface area contributed by atoms with Gasteiger partial charge in [0.15, 0.2) is 0 Å². The summed E-state index contributed by atoms with van der Waals surface area (Å²) in [6, 6.07) is 0. The molecule has 1 saturated heterocycles. The maximum atomic E-state index is 4.60. The van der Waals surface area contributed by atoms with Crippen LogP contribution in [0.3, 0.4) is 0 Å². The lowest BCUT2D eigenvalue weighted by Gasteiger charge is -2.47. The average molecular weight is 415 g/mol. The molecule has 1 spiro atoms. The Morgan fingerprint density at radius 1 is 1.34 bits per heavy atom. The molecule has 1 aliphatic heterocycles. The Labute approximate surface area is 183 Å². The normalized spacial score (nSPS) is 21.9. The van der Waals surface area contributed by atoms with E-state index in [9.17, 15) is 0 Å². The molecule has 1 atom stereocenters. The van der Waals surface area contributed by atoms with Crippen LogP contribution in [-0.4, -0.2) is 29.5 Å². The zero-order chi connectivity index (χ0) is 21.3. The second-order valence-electron chi connectivity index (χ2n) is 9.49. The minimum atomic E-state index is 0.695. The third-order valence-corrected chi connectivity index (χ3v) is 7.53. The van der Waals surface area contributed by atoms with E-state index < -0.39 is 0 Å². The lowest BCUT2D eigenvalue weighted by molar-refractivity contribution is 0.0345.